The lowest BCUT2D eigenvalue weighted by Gasteiger charge is -2.32. The van der Waals surface area contributed by atoms with Crippen molar-refractivity contribution in [2.45, 2.75) is 38.8 Å². The zero-order valence-electron chi connectivity index (χ0n) is 10.9. The summed E-state index contributed by atoms with van der Waals surface area (Å²) in [6, 6.07) is 0. The second kappa shape index (κ2) is 5.95. The van der Waals surface area contributed by atoms with E-state index in [9.17, 15) is 4.79 Å². The van der Waals surface area contributed by atoms with Crippen LogP contribution in [0.3, 0.4) is 0 Å². The number of rotatable bonds is 4. The second-order valence-corrected chi connectivity index (χ2v) is 4.69. The number of H-pyrrole nitrogens is 1. The van der Waals surface area contributed by atoms with Crippen molar-refractivity contribution in [1.82, 2.24) is 20.1 Å². The lowest BCUT2D eigenvalue weighted by atomic mass is 9.91. The van der Waals surface area contributed by atoms with Crippen LogP contribution in [0.15, 0.2) is 6.33 Å². The number of carbonyl (C=O) groups excluding carboxylic acids is 1. The summed E-state index contributed by atoms with van der Waals surface area (Å²) in [6.45, 7) is 3.30. The number of aromatic nitrogens is 3. The Bertz CT molecular complexity index is 379. The molecule has 1 saturated heterocycles. The van der Waals surface area contributed by atoms with Gasteiger partial charge in [0.05, 0.1) is 18.6 Å². The molecule has 2 rings (SSSR count). The van der Waals surface area contributed by atoms with Crippen molar-refractivity contribution in [3.63, 3.8) is 0 Å². The van der Waals surface area contributed by atoms with Gasteiger partial charge in [-0.2, -0.15) is 5.10 Å². The van der Waals surface area contributed by atoms with Gasteiger partial charge in [0.2, 0.25) is 5.91 Å². The lowest BCUT2D eigenvalue weighted by molar-refractivity contribution is -0.144. The molecule has 1 fully saturated rings. The van der Waals surface area contributed by atoms with Crippen molar-refractivity contribution >= 4 is 5.91 Å². The smallest absolute Gasteiger partial charge is 0.228 e. The Hall–Kier alpha value is -1.43. The molecule has 6 heteroatoms. The molecule has 1 aromatic rings. The molecular formula is C12H20N4O2. The van der Waals surface area contributed by atoms with Gasteiger partial charge in [-0.25, -0.2) is 4.98 Å². The number of ether oxygens (including phenoxy) is 1. The highest BCUT2D eigenvalue weighted by Crippen LogP contribution is 2.25. The Morgan fingerprint density at radius 2 is 2.50 bits per heavy atom. The molecule has 0 spiro atoms. The van der Waals surface area contributed by atoms with Crippen LogP contribution in [0.2, 0.25) is 0 Å². The van der Waals surface area contributed by atoms with Crippen LogP contribution in [0.25, 0.3) is 0 Å². The predicted molar refractivity (Wildman–Crippen MR) is 65.6 cm³/mol. The highest BCUT2D eigenvalue weighted by molar-refractivity contribution is 5.79. The maximum Gasteiger partial charge on any atom is 0.228 e. The van der Waals surface area contributed by atoms with Gasteiger partial charge in [-0.15, -0.1) is 0 Å². The lowest BCUT2D eigenvalue weighted by Crippen LogP contribution is -2.42. The van der Waals surface area contributed by atoms with Crippen LogP contribution in [-0.4, -0.2) is 45.7 Å². The molecule has 0 aromatic carbocycles. The molecule has 1 aliphatic heterocycles. The SMILES string of the molecule is CC[C@H]1OCCC[C@@H]1C(=O)N(C)Cc1ncn[nH]1. The summed E-state index contributed by atoms with van der Waals surface area (Å²) in [6.07, 6.45) is 4.27. The Morgan fingerprint density at radius 3 is 3.17 bits per heavy atom. The first-order valence-corrected chi connectivity index (χ1v) is 6.43. The number of carbonyl (C=O) groups is 1. The number of hydrogen-bond donors (Lipinski definition) is 1. The molecular weight excluding hydrogens is 232 g/mol. The summed E-state index contributed by atoms with van der Waals surface area (Å²) >= 11 is 0. The van der Waals surface area contributed by atoms with E-state index in [-0.39, 0.29) is 17.9 Å². The topological polar surface area (TPSA) is 71.1 Å². The Morgan fingerprint density at radius 1 is 1.67 bits per heavy atom. The van der Waals surface area contributed by atoms with E-state index in [0.29, 0.717) is 12.4 Å². The Balaban J connectivity index is 1.96. The van der Waals surface area contributed by atoms with Gasteiger partial charge in [-0.3, -0.25) is 9.89 Å². The van der Waals surface area contributed by atoms with Gasteiger partial charge in [-0.1, -0.05) is 6.92 Å². The fraction of sp³-hybridized carbons (Fsp3) is 0.750. The van der Waals surface area contributed by atoms with Crippen LogP contribution in [-0.2, 0) is 16.1 Å². The van der Waals surface area contributed by atoms with E-state index in [4.69, 9.17) is 4.74 Å². The van der Waals surface area contributed by atoms with E-state index in [1.165, 1.54) is 6.33 Å². The van der Waals surface area contributed by atoms with Gasteiger partial charge in [0.25, 0.3) is 0 Å². The standard InChI is InChI=1S/C12H20N4O2/c1-3-10-9(5-4-6-18-10)12(17)16(2)7-11-13-8-14-15-11/h8-10H,3-7H2,1-2H3,(H,13,14,15)/t9-,10+/m0/s1. The molecule has 2 heterocycles. The summed E-state index contributed by atoms with van der Waals surface area (Å²) in [5, 5.41) is 6.54. The second-order valence-electron chi connectivity index (χ2n) is 4.69. The quantitative estimate of drug-likeness (QED) is 0.866. The van der Waals surface area contributed by atoms with E-state index >= 15 is 0 Å². The summed E-state index contributed by atoms with van der Waals surface area (Å²) in [5.41, 5.74) is 0. The minimum Gasteiger partial charge on any atom is -0.377 e. The Kier molecular flexibility index (Phi) is 4.30. The molecule has 1 amide bonds. The van der Waals surface area contributed by atoms with Gasteiger partial charge >= 0.3 is 0 Å². The molecule has 0 saturated carbocycles. The average Bonchev–Trinajstić information content (AvgIpc) is 2.90. The maximum atomic E-state index is 12.4. The number of hydrogen-bond acceptors (Lipinski definition) is 4. The molecule has 2 atom stereocenters. The van der Waals surface area contributed by atoms with Crippen LogP contribution in [0.1, 0.15) is 32.0 Å². The molecule has 1 aliphatic rings. The molecule has 1 N–H and O–H groups in total. The third-order valence-corrected chi connectivity index (χ3v) is 3.39. The first kappa shape index (κ1) is 13.0. The van der Waals surface area contributed by atoms with Gasteiger partial charge in [0.1, 0.15) is 12.2 Å². The fourth-order valence-corrected chi connectivity index (χ4v) is 2.42. The van der Waals surface area contributed by atoms with E-state index in [2.05, 4.69) is 22.1 Å². The molecule has 6 nitrogen and oxygen atoms in total. The van der Waals surface area contributed by atoms with Crippen molar-refractivity contribution in [3.05, 3.63) is 12.2 Å². The van der Waals surface area contributed by atoms with E-state index in [1.807, 2.05) is 0 Å². The van der Waals surface area contributed by atoms with Gasteiger partial charge < -0.3 is 9.64 Å². The van der Waals surface area contributed by atoms with Crippen LogP contribution in [0, 0.1) is 5.92 Å². The van der Waals surface area contributed by atoms with E-state index < -0.39 is 0 Å². The molecule has 1 aromatic heterocycles. The number of nitrogens with one attached hydrogen (secondary N) is 1. The van der Waals surface area contributed by atoms with Crippen LogP contribution in [0.5, 0.6) is 0 Å². The van der Waals surface area contributed by atoms with Crippen molar-refractivity contribution in [1.29, 1.82) is 0 Å². The van der Waals surface area contributed by atoms with E-state index in [1.54, 1.807) is 11.9 Å². The monoisotopic (exact) mass is 252 g/mol. The largest absolute Gasteiger partial charge is 0.377 e. The highest BCUT2D eigenvalue weighted by atomic mass is 16.5. The number of nitrogens with zero attached hydrogens (tertiary/aromatic N) is 3. The third kappa shape index (κ3) is 2.87. The van der Waals surface area contributed by atoms with Crippen LogP contribution in [0.4, 0.5) is 0 Å². The summed E-state index contributed by atoms with van der Waals surface area (Å²) < 4.78 is 5.66. The highest BCUT2D eigenvalue weighted by Gasteiger charge is 2.32. The van der Waals surface area contributed by atoms with Gasteiger partial charge in [-0.05, 0) is 19.3 Å². The fourth-order valence-electron chi connectivity index (χ4n) is 2.42. The molecule has 0 unspecified atom stereocenters. The molecule has 18 heavy (non-hydrogen) atoms. The first-order chi connectivity index (χ1) is 8.72. The summed E-state index contributed by atoms with van der Waals surface area (Å²) in [5.74, 6) is 0.824. The predicted octanol–water partition coefficient (Wildman–Crippen LogP) is 0.968. The normalized spacial score (nSPS) is 23.9. The molecule has 100 valence electrons. The zero-order chi connectivity index (χ0) is 13.0. The van der Waals surface area contributed by atoms with E-state index in [0.717, 1.165) is 25.9 Å². The third-order valence-electron chi connectivity index (χ3n) is 3.39. The van der Waals surface area contributed by atoms with Crippen LogP contribution < -0.4 is 0 Å². The van der Waals surface area contributed by atoms with Gasteiger partial charge in [0.15, 0.2) is 0 Å². The Labute approximate surface area is 107 Å². The number of aromatic amines is 1. The zero-order valence-corrected chi connectivity index (χ0v) is 10.9. The molecule has 0 aliphatic carbocycles. The average molecular weight is 252 g/mol. The molecule has 0 radical (unpaired) electrons. The van der Waals surface area contributed by atoms with Crippen molar-refractivity contribution in [2.75, 3.05) is 13.7 Å². The first-order valence-electron chi connectivity index (χ1n) is 6.43. The van der Waals surface area contributed by atoms with Gasteiger partial charge in [0, 0.05) is 13.7 Å². The minimum absolute atomic E-state index is 0.0170. The van der Waals surface area contributed by atoms with Crippen molar-refractivity contribution in [3.8, 4) is 0 Å². The number of amides is 1. The summed E-state index contributed by atoms with van der Waals surface area (Å²) in [7, 11) is 1.80. The maximum absolute atomic E-state index is 12.4. The molecule has 0 bridgehead atoms. The van der Waals surface area contributed by atoms with Crippen LogP contribution >= 0.6 is 0 Å². The minimum atomic E-state index is -0.0170. The summed E-state index contributed by atoms with van der Waals surface area (Å²) in [4.78, 5) is 18.1. The van der Waals surface area contributed by atoms with Crippen molar-refractivity contribution < 1.29 is 9.53 Å². The van der Waals surface area contributed by atoms with Crippen molar-refractivity contribution in [2.24, 2.45) is 5.92 Å².